The van der Waals surface area contributed by atoms with E-state index in [2.05, 4.69) is 170 Å². The van der Waals surface area contributed by atoms with Crippen LogP contribution in [0.4, 0.5) is 0 Å². The van der Waals surface area contributed by atoms with Crippen molar-refractivity contribution in [3.63, 3.8) is 0 Å². The van der Waals surface area contributed by atoms with Gasteiger partial charge in [-0.05, 0) is 83.6 Å². The molecule has 8 aromatic carbocycles. The first-order valence-electron chi connectivity index (χ1n) is 19.3. The summed E-state index contributed by atoms with van der Waals surface area (Å²) in [5.41, 5.74) is 1.76. The average molecular weight is 1210 g/mol. The van der Waals surface area contributed by atoms with Gasteiger partial charge in [-0.3, -0.25) is 11.8 Å². The Hall–Kier alpha value is -4.34. The number of fused-ring (bicyclic) bond motifs is 6. The molecule has 0 amide bonds. The molecule has 0 nitrogen and oxygen atoms in total. The number of benzene rings is 8. The maximum atomic E-state index is 7.29. The SMILES string of the molecule is [Au+].[Au+].[C-]#Cc1cccc2sc3ccccc3c12.[C-]#Cc1cccc2sc3ccccc3c12.c1ccc([PH+](CC[PH+](c2ccccc2)c2ccccc2)c2ccccc2)cc1. The van der Waals surface area contributed by atoms with E-state index >= 15 is 0 Å². The molecule has 6 heteroatoms. The second-order valence-electron chi connectivity index (χ2n) is 13.7. The topological polar surface area (TPSA) is 0 Å². The average Bonchev–Trinajstić information content (AvgIpc) is 3.88. The molecule has 2 heterocycles. The van der Waals surface area contributed by atoms with Crippen molar-refractivity contribution in [2.75, 3.05) is 12.3 Å². The Morgan fingerprint density at radius 3 is 0.933 bits per heavy atom. The zero-order chi connectivity index (χ0) is 39.5. The summed E-state index contributed by atoms with van der Waals surface area (Å²) in [4.78, 5) is 0. The molecule has 10 rings (SSSR count). The van der Waals surface area contributed by atoms with Gasteiger partial charge in [0.25, 0.3) is 0 Å². The number of thiophene rings is 2. The number of hydrogen-bond acceptors (Lipinski definition) is 2. The molecule has 0 unspecified atom stereocenters. The maximum absolute atomic E-state index is 7.29. The van der Waals surface area contributed by atoms with E-state index in [1.807, 2.05) is 48.5 Å². The summed E-state index contributed by atoms with van der Waals surface area (Å²) in [5, 5.41) is 10.8. The summed E-state index contributed by atoms with van der Waals surface area (Å²) >= 11 is 3.54. The van der Waals surface area contributed by atoms with Gasteiger partial charge in [-0.15, -0.1) is 45.9 Å². The number of rotatable bonds is 7. The third-order valence-corrected chi connectivity index (χ3v) is 18.6. The van der Waals surface area contributed by atoms with Gasteiger partial charge >= 0.3 is 44.8 Å². The Balaban J connectivity index is 0.000000160. The molecule has 0 aliphatic heterocycles. The molecule has 0 spiro atoms. The van der Waals surface area contributed by atoms with Crippen molar-refractivity contribution >= 4 is 100 Å². The Morgan fingerprint density at radius 2 is 0.617 bits per heavy atom. The predicted molar refractivity (Wildman–Crippen MR) is 262 cm³/mol. The molecule has 0 bridgehead atoms. The van der Waals surface area contributed by atoms with E-state index in [9.17, 15) is 0 Å². The Morgan fingerprint density at radius 1 is 0.333 bits per heavy atom. The van der Waals surface area contributed by atoms with E-state index in [1.54, 1.807) is 22.7 Å². The molecule has 0 atom stereocenters. The van der Waals surface area contributed by atoms with Crippen LogP contribution in [0.5, 0.6) is 0 Å². The van der Waals surface area contributed by atoms with Crippen LogP contribution in [0.1, 0.15) is 11.1 Å². The van der Waals surface area contributed by atoms with Crippen LogP contribution >= 0.6 is 38.5 Å². The largest absolute Gasteiger partial charge is 1.00 e. The summed E-state index contributed by atoms with van der Waals surface area (Å²) in [7, 11) is -1.57. The van der Waals surface area contributed by atoms with Crippen molar-refractivity contribution < 1.29 is 44.8 Å². The van der Waals surface area contributed by atoms with Gasteiger partial charge in [0.05, 0.1) is 37.1 Å². The summed E-state index contributed by atoms with van der Waals surface area (Å²) in [5.74, 6) is 5.01. The molecule has 0 N–H and O–H groups in total. The molecule has 0 saturated carbocycles. The van der Waals surface area contributed by atoms with E-state index in [-0.39, 0.29) is 44.8 Å². The van der Waals surface area contributed by atoms with Gasteiger partial charge in [-0.2, -0.15) is 0 Å². The van der Waals surface area contributed by atoms with E-state index in [0.717, 1.165) is 21.9 Å². The van der Waals surface area contributed by atoms with Gasteiger partial charge in [-0.25, -0.2) is 0 Å². The van der Waals surface area contributed by atoms with Gasteiger partial charge in [0.15, 0.2) is 0 Å². The molecule has 2 aromatic heterocycles. The van der Waals surface area contributed by atoms with Crippen molar-refractivity contribution in [3.05, 3.63) is 230 Å². The smallest absolute Gasteiger partial charge is 0.366 e. The molecule has 60 heavy (non-hydrogen) atoms. The summed E-state index contributed by atoms with van der Waals surface area (Å²) < 4.78 is 5.01. The zero-order valence-electron chi connectivity index (χ0n) is 32.5. The van der Waals surface area contributed by atoms with Gasteiger partial charge in [0.1, 0.15) is 12.3 Å². The molecule has 0 fully saturated rings. The van der Waals surface area contributed by atoms with Crippen molar-refractivity contribution in [3.8, 4) is 11.8 Å². The Labute approximate surface area is 395 Å². The van der Waals surface area contributed by atoms with E-state index < -0.39 is 15.8 Å². The minimum Gasteiger partial charge on any atom is -0.366 e. The van der Waals surface area contributed by atoms with Gasteiger partial charge in [0.2, 0.25) is 0 Å². The Bertz CT molecular complexity index is 2700. The molecule has 10 aromatic rings. The Kier molecular flexibility index (Phi) is 16.9. The monoisotopic (exact) mass is 1210 g/mol. The molecule has 0 saturated heterocycles. The van der Waals surface area contributed by atoms with Crippen LogP contribution in [0.3, 0.4) is 0 Å². The summed E-state index contributed by atoms with van der Waals surface area (Å²) in [6.45, 7) is 0. The third kappa shape index (κ3) is 10.6. The van der Waals surface area contributed by atoms with Crippen molar-refractivity contribution in [1.82, 2.24) is 0 Å². The molecule has 0 radical (unpaired) electrons. The van der Waals surface area contributed by atoms with Crippen LogP contribution in [0.25, 0.3) is 40.3 Å². The fraction of sp³-hybridized carbons (Fsp3) is 0.0370. The molecular weight excluding hydrogens is 1170 g/mol. The fourth-order valence-corrected chi connectivity index (χ4v) is 15.9. The minimum atomic E-state index is -0.783. The zero-order valence-corrected chi connectivity index (χ0v) is 40.4. The minimum absolute atomic E-state index is 0. The van der Waals surface area contributed by atoms with E-state index in [1.165, 1.54) is 63.1 Å². The summed E-state index contributed by atoms with van der Waals surface area (Å²) in [6.07, 6.45) is 17.1. The van der Waals surface area contributed by atoms with E-state index in [0.29, 0.717) is 0 Å². The standard InChI is InChI=1S/C26H24P2.2C14H7S.2Au/c1-5-13-23(14-6-1)27(24-15-7-2-8-16-24)21-22-28(25-17-9-3-10-18-25)26-19-11-4-12-20-26;2*1-2-10-6-5-9-13-14(10)11-7-3-4-8-12(11)15-13;;/h1-20H,21-22H2;2*3-9H;;/q;2*-1;2*+1/p+2. The van der Waals surface area contributed by atoms with Gasteiger partial charge in [-0.1, -0.05) is 132 Å². The fourth-order valence-electron chi connectivity index (χ4n) is 7.48. The first-order chi connectivity index (χ1) is 28.7. The van der Waals surface area contributed by atoms with E-state index in [4.69, 9.17) is 12.8 Å². The first-order valence-corrected chi connectivity index (χ1v) is 24.4. The van der Waals surface area contributed by atoms with Crippen LogP contribution in [-0.2, 0) is 44.8 Å². The second kappa shape index (κ2) is 22.5. The summed E-state index contributed by atoms with van der Waals surface area (Å²) in [6, 6.07) is 73.2. The van der Waals surface area contributed by atoms with Crippen LogP contribution < -0.4 is 21.2 Å². The third-order valence-electron chi connectivity index (χ3n) is 10.2. The maximum Gasteiger partial charge on any atom is 1.00 e. The second-order valence-corrected chi connectivity index (χ2v) is 21.1. The van der Waals surface area contributed by atoms with Crippen LogP contribution in [0.2, 0.25) is 0 Å². The predicted octanol–water partition coefficient (Wildman–Crippen LogP) is 12.7. The molecular formula is C54H40Au2P2S2+2. The molecule has 0 aliphatic rings. The van der Waals surface area contributed by atoms with Crippen molar-refractivity contribution in [2.24, 2.45) is 0 Å². The van der Waals surface area contributed by atoms with Crippen LogP contribution in [0, 0.1) is 24.7 Å². The van der Waals surface area contributed by atoms with Crippen molar-refractivity contribution in [2.45, 2.75) is 0 Å². The quantitative estimate of drug-likeness (QED) is 0.0646. The molecule has 0 aliphatic carbocycles. The normalized spacial score (nSPS) is 10.5. The van der Waals surface area contributed by atoms with Gasteiger partial charge in [0, 0.05) is 18.8 Å². The molecule has 298 valence electrons. The first kappa shape index (κ1) is 45.2. The number of hydrogen-bond donors (Lipinski definition) is 0. The van der Waals surface area contributed by atoms with Gasteiger partial charge < -0.3 is 12.8 Å². The van der Waals surface area contributed by atoms with Crippen LogP contribution in [-0.4, -0.2) is 12.3 Å². The van der Waals surface area contributed by atoms with Crippen LogP contribution in [0.15, 0.2) is 206 Å². The van der Waals surface area contributed by atoms with Crippen molar-refractivity contribution in [1.29, 1.82) is 0 Å².